The van der Waals surface area contributed by atoms with Gasteiger partial charge >= 0.3 is 5.97 Å². The number of carbonyl (C=O) groups is 1. The number of piperazine rings is 1. The van der Waals surface area contributed by atoms with Crippen molar-refractivity contribution < 1.29 is 9.53 Å². The van der Waals surface area contributed by atoms with E-state index in [0.29, 0.717) is 6.42 Å². The van der Waals surface area contributed by atoms with Gasteiger partial charge in [0.25, 0.3) is 0 Å². The standard InChI is InChI=1S/C8H16N2O2.2ClH/c1-12-8(11)2-5-10-6-3-9-4-7-10;;/h9H,2-7H2,1H3;2*1H. The van der Waals surface area contributed by atoms with E-state index in [0.717, 1.165) is 32.7 Å². The number of nitrogens with one attached hydrogen (secondary N) is 1. The molecule has 1 saturated heterocycles. The molecule has 0 aromatic rings. The van der Waals surface area contributed by atoms with Gasteiger partial charge in [-0.1, -0.05) is 0 Å². The Morgan fingerprint density at radius 1 is 1.36 bits per heavy atom. The van der Waals surface area contributed by atoms with Crippen LogP contribution in [0.15, 0.2) is 0 Å². The molecule has 0 unspecified atom stereocenters. The molecule has 0 radical (unpaired) electrons. The van der Waals surface area contributed by atoms with Crippen LogP contribution in [0.5, 0.6) is 0 Å². The average Bonchev–Trinajstić information content (AvgIpc) is 2.16. The van der Waals surface area contributed by atoms with Crippen LogP contribution in [0.4, 0.5) is 0 Å². The molecule has 0 spiro atoms. The summed E-state index contributed by atoms with van der Waals surface area (Å²) in [4.78, 5) is 13.1. The molecule has 1 aliphatic heterocycles. The van der Waals surface area contributed by atoms with E-state index in [1.54, 1.807) is 0 Å². The molecule has 1 N–H and O–H groups in total. The van der Waals surface area contributed by atoms with Crippen molar-refractivity contribution in [1.82, 2.24) is 10.2 Å². The lowest BCUT2D eigenvalue weighted by Crippen LogP contribution is -2.44. The highest BCUT2D eigenvalue weighted by molar-refractivity contribution is 5.85. The van der Waals surface area contributed by atoms with Crippen molar-refractivity contribution in [2.75, 3.05) is 39.8 Å². The van der Waals surface area contributed by atoms with Gasteiger partial charge in [-0.3, -0.25) is 4.79 Å². The molecular formula is C8H18Cl2N2O2. The molecule has 0 aromatic heterocycles. The lowest BCUT2D eigenvalue weighted by molar-refractivity contribution is -0.141. The molecule has 1 heterocycles. The third kappa shape index (κ3) is 6.43. The summed E-state index contributed by atoms with van der Waals surface area (Å²) in [5.74, 6) is -0.117. The van der Waals surface area contributed by atoms with Crippen LogP contribution in [0.3, 0.4) is 0 Å². The van der Waals surface area contributed by atoms with E-state index in [1.807, 2.05) is 0 Å². The van der Waals surface area contributed by atoms with Gasteiger partial charge < -0.3 is 15.0 Å². The lowest BCUT2D eigenvalue weighted by atomic mass is 10.3. The molecular weight excluding hydrogens is 227 g/mol. The maximum Gasteiger partial charge on any atom is 0.306 e. The van der Waals surface area contributed by atoms with E-state index in [-0.39, 0.29) is 30.8 Å². The predicted molar refractivity (Wildman–Crippen MR) is 60.4 cm³/mol. The van der Waals surface area contributed by atoms with Gasteiger partial charge in [0.2, 0.25) is 0 Å². The number of rotatable bonds is 3. The lowest BCUT2D eigenvalue weighted by Gasteiger charge is -2.26. The summed E-state index contributed by atoms with van der Waals surface area (Å²) >= 11 is 0. The van der Waals surface area contributed by atoms with Gasteiger partial charge in [0, 0.05) is 32.7 Å². The first-order valence-corrected chi connectivity index (χ1v) is 4.33. The molecule has 0 aromatic carbocycles. The molecule has 1 aliphatic rings. The molecule has 1 fully saturated rings. The Hall–Kier alpha value is -0.0300. The first kappa shape index (κ1) is 16.4. The van der Waals surface area contributed by atoms with Crippen LogP contribution in [-0.2, 0) is 9.53 Å². The highest BCUT2D eigenvalue weighted by Crippen LogP contribution is 1.94. The highest BCUT2D eigenvalue weighted by Gasteiger charge is 2.10. The number of methoxy groups -OCH3 is 1. The molecule has 0 aliphatic carbocycles. The van der Waals surface area contributed by atoms with Crippen LogP contribution in [-0.4, -0.2) is 50.7 Å². The smallest absolute Gasteiger partial charge is 0.306 e. The van der Waals surface area contributed by atoms with Crippen LogP contribution in [0.1, 0.15) is 6.42 Å². The minimum atomic E-state index is -0.117. The van der Waals surface area contributed by atoms with Gasteiger partial charge in [0.1, 0.15) is 0 Å². The van der Waals surface area contributed by atoms with E-state index in [2.05, 4.69) is 15.0 Å². The first-order valence-electron chi connectivity index (χ1n) is 4.33. The number of hydrogen-bond donors (Lipinski definition) is 1. The van der Waals surface area contributed by atoms with E-state index in [9.17, 15) is 4.79 Å². The van der Waals surface area contributed by atoms with Gasteiger partial charge in [0.15, 0.2) is 0 Å². The Labute approximate surface area is 97.2 Å². The van der Waals surface area contributed by atoms with Gasteiger partial charge in [0.05, 0.1) is 13.5 Å². The summed E-state index contributed by atoms with van der Waals surface area (Å²) < 4.78 is 4.56. The fraction of sp³-hybridized carbons (Fsp3) is 0.875. The summed E-state index contributed by atoms with van der Waals surface area (Å²) in [6, 6.07) is 0. The largest absolute Gasteiger partial charge is 0.469 e. The van der Waals surface area contributed by atoms with Crippen molar-refractivity contribution in [1.29, 1.82) is 0 Å². The molecule has 0 bridgehead atoms. The van der Waals surface area contributed by atoms with Crippen LogP contribution >= 0.6 is 24.8 Å². The van der Waals surface area contributed by atoms with E-state index >= 15 is 0 Å². The molecule has 4 nitrogen and oxygen atoms in total. The van der Waals surface area contributed by atoms with E-state index < -0.39 is 0 Å². The zero-order valence-corrected chi connectivity index (χ0v) is 9.96. The second kappa shape index (κ2) is 9.52. The van der Waals surface area contributed by atoms with Gasteiger partial charge in [-0.15, -0.1) is 24.8 Å². The zero-order chi connectivity index (χ0) is 8.81. The fourth-order valence-electron chi connectivity index (χ4n) is 1.29. The maximum absolute atomic E-state index is 10.8. The molecule has 14 heavy (non-hydrogen) atoms. The summed E-state index contributed by atoms with van der Waals surface area (Å²) in [7, 11) is 1.43. The molecule has 0 amide bonds. The number of hydrogen-bond acceptors (Lipinski definition) is 4. The molecule has 6 heteroatoms. The highest BCUT2D eigenvalue weighted by atomic mass is 35.5. The number of esters is 1. The summed E-state index contributed by atoms with van der Waals surface area (Å²) in [5.41, 5.74) is 0. The maximum atomic E-state index is 10.8. The van der Waals surface area contributed by atoms with Crippen molar-refractivity contribution in [2.24, 2.45) is 0 Å². The zero-order valence-electron chi connectivity index (χ0n) is 8.32. The number of ether oxygens (including phenoxy) is 1. The van der Waals surface area contributed by atoms with Crippen LogP contribution in [0.2, 0.25) is 0 Å². The van der Waals surface area contributed by atoms with Gasteiger partial charge in [-0.2, -0.15) is 0 Å². The fourth-order valence-corrected chi connectivity index (χ4v) is 1.29. The normalized spacial score (nSPS) is 16.4. The molecule has 86 valence electrons. The molecule has 1 rings (SSSR count). The second-order valence-corrected chi connectivity index (χ2v) is 2.92. The Balaban J connectivity index is 0. The van der Waals surface area contributed by atoms with E-state index in [4.69, 9.17) is 0 Å². The van der Waals surface area contributed by atoms with Crippen molar-refractivity contribution in [2.45, 2.75) is 6.42 Å². The SMILES string of the molecule is COC(=O)CCN1CCNCC1.Cl.Cl. The first-order chi connectivity index (χ1) is 5.83. The van der Waals surface area contributed by atoms with Crippen molar-refractivity contribution in [3.8, 4) is 0 Å². The third-order valence-electron chi connectivity index (χ3n) is 2.07. The van der Waals surface area contributed by atoms with Gasteiger partial charge in [-0.25, -0.2) is 0 Å². The third-order valence-corrected chi connectivity index (χ3v) is 2.07. The minimum Gasteiger partial charge on any atom is -0.469 e. The minimum absolute atomic E-state index is 0. The number of nitrogens with zero attached hydrogens (tertiary/aromatic N) is 1. The van der Waals surface area contributed by atoms with Crippen molar-refractivity contribution in [3.05, 3.63) is 0 Å². The summed E-state index contributed by atoms with van der Waals surface area (Å²) in [6.07, 6.45) is 0.510. The Bertz CT molecular complexity index is 152. The van der Waals surface area contributed by atoms with Crippen LogP contribution in [0, 0.1) is 0 Å². The summed E-state index contributed by atoms with van der Waals surface area (Å²) in [6.45, 7) is 4.96. The van der Waals surface area contributed by atoms with E-state index in [1.165, 1.54) is 7.11 Å². The monoisotopic (exact) mass is 244 g/mol. The quantitative estimate of drug-likeness (QED) is 0.726. The van der Waals surface area contributed by atoms with Crippen LogP contribution in [0.25, 0.3) is 0 Å². The number of carbonyl (C=O) groups excluding carboxylic acids is 1. The topological polar surface area (TPSA) is 41.6 Å². The molecule has 0 saturated carbocycles. The average molecular weight is 245 g/mol. The Morgan fingerprint density at radius 2 is 1.93 bits per heavy atom. The second-order valence-electron chi connectivity index (χ2n) is 2.92. The van der Waals surface area contributed by atoms with Crippen molar-refractivity contribution in [3.63, 3.8) is 0 Å². The Kier molecular flexibility index (Phi) is 11.2. The van der Waals surface area contributed by atoms with Gasteiger partial charge in [-0.05, 0) is 0 Å². The predicted octanol–water partition coefficient (Wildman–Crippen LogP) is 0.298. The van der Waals surface area contributed by atoms with Crippen LogP contribution < -0.4 is 5.32 Å². The van der Waals surface area contributed by atoms with Crippen molar-refractivity contribution >= 4 is 30.8 Å². The Morgan fingerprint density at radius 3 is 2.43 bits per heavy atom. The summed E-state index contributed by atoms with van der Waals surface area (Å²) in [5, 5.41) is 3.26. The number of halogens is 2. The molecule has 0 atom stereocenters.